The van der Waals surface area contributed by atoms with Gasteiger partial charge in [-0.3, -0.25) is 9.00 Å². The van der Waals surface area contributed by atoms with Gasteiger partial charge in [-0.2, -0.15) is 0 Å². The Kier molecular flexibility index (Phi) is 6.65. The predicted molar refractivity (Wildman–Crippen MR) is 145 cm³/mol. The average molecular weight is 552 g/mol. The molecule has 2 heterocycles. The number of hydrogen-bond donors (Lipinski definition) is 2. The third-order valence-corrected chi connectivity index (χ3v) is 13.2. The maximum atomic E-state index is 13.6. The number of nitrogens with zero attached hydrogens (tertiary/aromatic N) is 2. The van der Waals surface area contributed by atoms with Crippen molar-refractivity contribution in [2.45, 2.75) is 105 Å². The Morgan fingerprint density at radius 3 is 2.59 bits per heavy atom. The summed E-state index contributed by atoms with van der Waals surface area (Å²) in [5.74, 6) is 6.16. The minimum atomic E-state index is -2.29. The minimum absolute atomic E-state index is 0.0717. The van der Waals surface area contributed by atoms with Gasteiger partial charge in [0.2, 0.25) is 5.76 Å². The third-order valence-electron chi connectivity index (χ3n) is 9.42. The summed E-state index contributed by atoms with van der Waals surface area (Å²) in [6, 6.07) is 0.0717. The molecule has 4 bridgehead atoms. The molecule has 1 aromatic rings. The maximum Gasteiger partial charge on any atom is 0.291 e. The zero-order chi connectivity index (χ0) is 26.0. The van der Waals surface area contributed by atoms with Crippen LogP contribution in [0.25, 0.3) is 0 Å². The molecule has 7 rings (SSSR count). The van der Waals surface area contributed by atoms with Crippen molar-refractivity contribution in [2.75, 3.05) is 18.9 Å². The summed E-state index contributed by atoms with van der Waals surface area (Å²) in [5.41, 5.74) is -1.03. The Labute approximate surface area is 224 Å². The quantitative estimate of drug-likeness (QED) is 0.473. The van der Waals surface area contributed by atoms with Gasteiger partial charge in [0.25, 0.3) is 11.8 Å². The van der Waals surface area contributed by atoms with Crippen LogP contribution < -0.4 is 10.1 Å². The predicted octanol–water partition coefficient (Wildman–Crippen LogP) is 3.87. The first-order chi connectivity index (χ1) is 17.5. The second-order valence-corrected chi connectivity index (χ2v) is 16.6. The lowest BCUT2D eigenvalue weighted by atomic mass is 9.52. The van der Waals surface area contributed by atoms with Crippen molar-refractivity contribution in [1.82, 2.24) is 14.8 Å². The maximum absolute atomic E-state index is 13.6. The van der Waals surface area contributed by atoms with E-state index in [2.05, 4.69) is 16.3 Å². The molecular weight excluding hydrogens is 510 g/mol. The van der Waals surface area contributed by atoms with Crippen molar-refractivity contribution in [1.29, 1.82) is 0 Å². The number of ether oxygens (including phenoxy) is 1. The molecule has 1 saturated heterocycles. The van der Waals surface area contributed by atoms with E-state index in [1.54, 1.807) is 11.8 Å². The van der Waals surface area contributed by atoms with Crippen LogP contribution in [0.3, 0.4) is 0 Å². The van der Waals surface area contributed by atoms with Gasteiger partial charge in [0.1, 0.15) is 11.5 Å². The molecule has 1 aromatic heterocycles. The van der Waals surface area contributed by atoms with E-state index in [0.717, 1.165) is 57.9 Å². The molecule has 0 spiro atoms. The minimum Gasteiger partial charge on any atom is -0.473 e. The summed E-state index contributed by atoms with van der Waals surface area (Å²) in [6.45, 7) is 5.04. The van der Waals surface area contributed by atoms with Crippen molar-refractivity contribution in [2.24, 2.45) is 17.8 Å². The molecule has 5 aliphatic carbocycles. The lowest BCUT2D eigenvalue weighted by Gasteiger charge is -2.58. The molecule has 5 saturated carbocycles. The monoisotopic (exact) mass is 551 g/mol. The first-order valence-electron chi connectivity index (χ1n) is 14.0. The van der Waals surface area contributed by atoms with Crippen LogP contribution in [0.1, 0.15) is 88.6 Å². The van der Waals surface area contributed by atoms with Crippen molar-refractivity contribution in [3.63, 3.8) is 0 Å². The Hall–Kier alpha value is -1.23. The largest absolute Gasteiger partial charge is 0.473 e. The van der Waals surface area contributed by atoms with Gasteiger partial charge in [-0.1, -0.05) is 12.8 Å². The van der Waals surface area contributed by atoms with Crippen LogP contribution in [0.15, 0.2) is 9.42 Å². The summed E-state index contributed by atoms with van der Waals surface area (Å²) >= 11 is 1.65. The van der Waals surface area contributed by atoms with Crippen molar-refractivity contribution in [3.8, 4) is 5.88 Å². The Bertz CT molecular complexity index is 1130. The molecule has 37 heavy (non-hydrogen) atoms. The van der Waals surface area contributed by atoms with Crippen LogP contribution in [0.2, 0.25) is 0 Å². The highest BCUT2D eigenvalue weighted by molar-refractivity contribution is 8.00. The number of carbonyl (C=O) groups excluding carboxylic acids is 1. The molecule has 0 aromatic carbocycles. The number of aromatic nitrogens is 1. The molecule has 8 nitrogen and oxygen atoms in total. The van der Waals surface area contributed by atoms with Crippen LogP contribution >= 0.6 is 11.8 Å². The molecule has 1 aliphatic heterocycles. The van der Waals surface area contributed by atoms with Crippen molar-refractivity contribution in [3.05, 3.63) is 5.76 Å². The van der Waals surface area contributed by atoms with Crippen molar-refractivity contribution >= 4 is 33.2 Å². The van der Waals surface area contributed by atoms with Crippen LogP contribution in [0, 0.1) is 17.8 Å². The van der Waals surface area contributed by atoms with Gasteiger partial charge in [-0.05, 0) is 94.0 Å². The summed E-state index contributed by atoms with van der Waals surface area (Å²) in [7, 11) is -2.29. The zero-order valence-corrected chi connectivity index (χ0v) is 23.7. The van der Waals surface area contributed by atoms with E-state index in [9.17, 15) is 14.1 Å². The van der Waals surface area contributed by atoms with E-state index in [1.165, 1.54) is 12.8 Å². The fourth-order valence-corrected chi connectivity index (χ4v) is 11.5. The summed E-state index contributed by atoms with van der Waals surface area (Å²) in [5, 5.41) is 18.8. The molecule has 3 unspecified atom stereocenters. The van der Waals surface area contributed by atoms with E-state index in [0.29, 0.717) is 39.5 Å². The first kappa shape index (κ1) is 26.0. The normalized spacial score (nSPS) is 37.9. The molecule has 206 valence electrons. The molecular formula is C27H41N3O5S2. The van der Waals surface area contributed by atoms with Crippen LogP contribution in [0.4, 0.5) is 0 Å². The number of carbonyl (C=O) groups is 1. The van der Waals surface area contributed by atoms with Crippen LogP contribution in [-0.2, 0) is 9.71 Å². The van der Waals surface area contributed by atoms with Gasteiger partial charge >= 0.3 is 0 Å². The van der Waals surface area contributed by atoms with Gasteiger partial charge in [0.15, 0.2) is 0 Å². The summed E-state index contributed by atoms with van der Waals surface area (Å²) in [4.78, 5) is 14.3. The van der Waals surface area contributed by atoms with Crippen LogP contribution in [-0.4, -0.2) is 71.9 Å². The van der Waals surface area contributed by atoms with E-state index in [-0.39, 0.29) is 24.3 Å². The van der Waals surface area contributed by atoms with E-state index in [4.69, 9.17) is 9.26 Å². The van der Waals surface area contributed by atoms with E-state index >= 15 is 0 Å². The Morgan fingerprint density at radius 2 is 1.97 bits per heavy atom. The number of hydrogen-bond acceptors (Lipinski definition) is 7. The number of amides is 1. The third kappa shape index (κ3) is 4.96. The van der Waals surface area contributed by atoms with Gasteiger partial charge in [-0.25, -0.2) is 4.31 Å². The second-order valence-electron chi connectivity index (χ2n) is 12.9. The smallest absolute Gasteiger partial charge is 0.291 e. The van der Waals surface area contributed by atoms with Crippen molar-refractivity contribution < 1.29 is 23.4 Å². The number of thioether (sulfide) groups is 1. The second kappa shape index (κ2) is 9.45. The first-order valence-corrected chi connectivity index (χ1v) is 16.7. The molecule has 6 fully saturated rings. The molecule has 2 N–H and O–H groups in total. The molecule has 1 amide bonds. The van der Waals surface area contributed by atoms with E-state index in [1.807, 2.05) is 18.2 Å². The number of rotatable bonds is 8. The van der Waals surface area contributed by atoms with Gasteiger partial charge in [0.05, 0.1) is 11.1 Å². The number of aliphatic hydroxyl groups is 1. The van der Waals surface area contributed by atoms with Gasteiger partial charge in [0, 0.05) is 33.3 Å². The van der Waals surface area contributed by atoms with Crippen LogP contribution in [0.5, 0.6) is 5.88 Å². The fourth-order valence-electron chi connectivity index (χ4n) is 7.99. The molecule has 10 heteroatoms. The molecule has 6 aliphatic rings. The highest BCUT2D eigenvalue weighted by atomic mass is 32.2. The summed E-state index contributed by atoms with van der Waals surface area (Å²) in [6.07, 6.45) is 10.1. The fraction of sp³-hybridized carbons (Fsp3) is 0.815. The Morgan fingerprint density at radius 1 is 1.27 bits per heavy atom. The van der Waals surface area contributed by atoms with Gasteiger partial charge < -0.3 is 19.7 Å². The lowest BCUT2D eigenvalue weighted by molar-refractivity contribution is -0.137. The molecule has 3 atom stereocenters. The Balaban J connectivity index is 1.20. The average Bonchev–Trinajstić information content (AvgIpc) is 3.54. The lowest BCUT2D eigenvalue weighted by Crippen LogP contribution is -2.61. The summed E-state index contributed by atoms with van der Waals surface area (Å²) < 4.78 is 26.8. The zero-order valence-electron chi connectivity index (χ0n) is 22.1. The highest BCUT2D eigenvalue weighted by Crippen LogP contribution is 2.55. The number of nitrogens with one attached hydrogen (secondary N) is 1. The highest BCUT2D eigenvalue weighted by Gasteiger charge is 2.55. The standard InChI is InChI=1S/C27H41N3O5S2/c1-26(2,30-9-6-10-37(30,3)33)16-34-25-23(36-20-7-4-5-8-20)22(35-29-25)24(31)28-21-18-11-17-12-19(21)15-27(32,13-17)14-18/h17-21,32H,3-16H2,1-2H3,(H,28,31). The van der Waals surface area contributed by atoms with E-state index < -0.39 is 20.8 Å². The SMILES string of the molecule is C=S1(=O)CCCN1C(C)(C)COc1noc(C(=O)NC2C3CC4CC2CC(O)(C4)C3)c1SC1CCCC1. The topological polar surface area (TPSA) is 105 Å². The molecule has 0 radical (unpaired) electrons. The van der Waals surface area contributed by atoms with Gasteiger partial charge in [-0.15, -0.1) is 11.8 Å².